The van der Waals surface area contributed by atoms with Gasteiger partial charge in [-0.1, -0.05) is 17.7 Å². The Hall–Kier alpha value is -2.75. The highest BCUT2D eigenvalue weighted by Gasteiger charge is 2.27. The van der Waals surface area contributed by atoms with Crippen LogP contribution in [-0.2, 0) is 19.4 Å². The zero-order valence-electron chi connectivity index (χ0n) is 16.0. The van der Waals surface area contributed by atoms with Crippen molar-refractivity contribution in [2.24, 2.45) is 0 Å². The average molecular weight is 361 g/mol. The Labute approximate surface area is 158 Å². The second-order valence-corrected chi connectivity index (χ2v) is 7.84. The van der Waals surface area contributed by atoms with E-state index in [0.717, 1.165) is 41.5 Å². The van der Waals surface area contributed by atoms with Crippen molar-refractivity contribution < 1.29 is 9.15 Å². The van der Waals surface area contributed by atoms with Crippen molar-refractivity contribution in [3.05, 3.63) is 68.1 Å². The molecule has 0 spiro atoms. The molecule has 0 radical (unpaired) electrons. The third-order valence-corrected chi connectivity index (χ3v) is 5.88. The Balaban J connectivity index is 1.67. The van der Waals surface area contributed by atoms with E-state index in [1.165, 1.54) is 27.9 Å². The lowest BCUT2D eigenvalue weighted by molar-refractivity contribution is 0.288. The molecule has 0 saturated heterocycles. The van der Waals surface area contributed by atoms with Gasteiger partial charge in [0.1, 0.15) is 11.3 Å². The number of fused-ring (bicyclic) bond motifs is 5. The maximum Gasteiger partial charge on any atom is 0.339 e. The van der Waals surface area contributed by atoms with E-state index in [-0.39, 0.29) is 5.63 Å². The zero-order valence-corrected chi connectivity index (χ0v) is 16.0. The topological polar surface area (TPSA) is 42.7 Å². The summed E-state index contributed by atoms with van der Waals surface area (Å²) < 4.78 is 11.9. The lowest BCUT2D eigenvalue weighted by Crippen LogP contribution is -2.33. The SMILES string of the molecule is Cc1cc(C)c(N2COc3ccc4c5c(c(=O)oc4c3C2)CCC5)c(C)c1. The molecule has 2 aromatic carbocycles. The van der Waals surface area contributed by atoms with Crippen molar-refractivity contribution in [2.45, 2.75) is 46.6 Å². The predicted octanol–water partition coefficient (Wildman–Crippen LogP) is 4.56. The van der Waals surface area contributed by atoms with Gasteiger partial charge < -0.3 is 14.1 Å². The zero-order chi connectivity index (χ0) is 18.7. The van der Waals surface area contributed by atoms with E-state index >= 15 is 0 Å². The first-order chi connectivity index (χ1) is 13.0. The number of hydrogen-bond donors (Lipinski definition) is 0. The number of hydrogen-bond acceptors (Lipinski definition) is 4. The number of anilines is 1. The van der Waals surface area contributed by atoms with Crippen LogP contribution in [0.15, 0.2) is 33.5 Å². The molecule has 1 aliphatic carbocycles. The largest absolute Gasteiger partial charge is 0.473 e. The van der Waals surface area contributed by atoms with Gasteiger partial charge in [0.05, 0.1) is 12.1 Å². The minimum absolute atomic E-state index is 0.178. The van der Waals surface area contributed by atoms with Crippen LogP contribution in [0, 0.1) is 20.8 Å². The van der Waals surface area contributed by atoms with Gasteiger partial charge in [-0.15, -0.1) is 0 Å². The molecule has 0 atom stereocenters. The van der Waals surface area contributed by atoms with Gasteiger partial charge in [-0.2, -0.15) is 0 Å². The van der Waals surface area contributed by atoms with Gasteiger partial charge in [0.15, 0.2) is 6.73 Å². The summed E-state index contributed by atoms with van der Waals surface area (Å²) >= 11 is 0. The normalized spacial score (nSPS) is 15.6. The highest BCUT2D eigenvalue weighted by molar-refractivity contribution is 5.87. The first-order valence-corrected chi connectivity index (χ1v) is 9.59. The molecule has 1 aliphatic heterocycles. The number of ether oxygens (including phenoxy) is 1. The molecule has 0 unspecified atom stereocenters. The van der Waals surface area contributed by atoms with E-state index < -0.39 is 0 Å². The maximum atomic E-state index is 12.5. The highest BCUT2D eigenvalue weighted by Crippen LogP contribution is 2.38. The Morgan fingerprint density at radius 2 is 1.70 bits per heavy atom. The fourth-order valence-electron chi connectivity index (χ4n) is 4.87. The molecule has 4 heteroatoms. The van der Waals surface area contributed by atoms with E-state index in [4.69, 9.17) is 9.15 Å². The second-order valence-electron chi connectivity index (χ2n) is 7.84. The maximum absolute atomic E-state index is 12.5. The summed E-state index contributed by atoms with van der Waals surface area (Å²) in [6, 6.07) is 8.49. The Morgan fingerprint density at radius 1 is 0.963 bits per heavy atom. The van der Waals surface area contributed by atoms with Crippen LogP contribution in [0.4, 0.5) is 5.69 Å². The van der Waals surface area contributed by atoms with Crippen molar-refractivity contribution in [3.8, 4) is 5.75 Å². The van der Waals surface area contributed by atoms with Gasteiger partial charge in [0.2, 0.25) is 0 Å². The summed E-state index contributed by atoms with van der Waals surface area (Å²) in [5, 5.41) is 1.07. The Kier molecular flexibility index (Phi) is 3.58. The minimum atomic E-state index is -0.178. The summed E-state index contributed by atoms with van der Waals surface area (Å²) in [5.41, 5.74) is 8.47. The van der Waals surface area contributed by atoms with Gasteiger partial charge in [0.25, 0.3) is 0 Å². The lowest BCUT2D eigenvalue weighted by Gasteiger charge is -2.33. The smallest absolute Gasteiger partial charge is 0.339 e. The van der Waals surface area contributed by atoms with Gasteiger partial charge in [0, 0.05) is 16.6 Å². The summed E-state index contributed by atoms with van der Waals surface area (Å²) in [5.74, 6) is 0.822. The second kappa shape index (κ2) is 5.88. The number of rotatable bonds is 1. The Bertz CT molecular complexity index is 1120. The molecule has 138 valence electrons. The first kappa shape index (κ1) is 16.4. The van der Waals surface area contributed by atoms with E-state index in [2.05, 4.69) is 43.9 Å². The van der Waals surface area contributed by atoms with E-state index in [9.17, 15) is 4.79 Å². The van der Waals surface area contributed by atoms with Gasteiger partial charge in [-0.05, 0) is 68.9 Å². The number of aryl methyl sites for hydroxylation is 4. The number of nitrogens with zero attached hydrogens (tertiary/aromatic N) is 1. The first-order valence-electron chi connectivity index (χ1n) is 9.59. The van der Waals surface area contributed by atoms with Crippen LogP contribution in [0.2, 0.25) is 0 Å². The molecule has 2 aliphatic rings. The van der Waals surface area contributed by atoms with Crippen LogP contribution >= 0.6 is 0 Å². The predicted molar refractivity (Wildman–Crippen MR) is 107 cm³/mol. The standard InChI is InChI=1S/C23H23NO3/c1-13-9-14(2)21(15(3)10-13)24-11-19-20(26-12-24)8-7-17-16-5-4-6-18(16)23(25)27-22(17)19/h7-10H,4-6,11-12H2,1-3H3. The minimum Gasteiger partial charge on any atom is -0.473 e. The Morgan fingerprint density at radius 3 is 2.48 bits per heavy atom. The molecule has 2 heterocycles. The third kappa shape index (κ3) is 2.47. The van der Waals surface area contributed by atoms with Crippen molar-refractivity contribution in [1.29, 1.82) is 0 Å². The fraction of sp³-hybridized carbons (Fsp3) is 0.348. The molecule has 27 heavy (non-hydrogen) atoms. The monoisotopic (exact) mass is 361 g/mol. The molecule has 3 aromatic rings. The van der Waals surface area contributed by atoms with Crippen LogP contribution in [0.3, 0.4) is 0 Å². The highest BCUT2D eigenvalue weighted by atomic mass is 16.5. The van der Waals surface area contributed by atoms with Crippen LogP contribution in [-0.4, -0.2) is 6.73 Å². The third-order valence-electron chi connectivity index (χ3n) is 5.88. The molecule has 0 amide bonds. The van der Waals surface area contributed by atoms with Crippen molar-refractivity contribution in [3.63, 3.8) is 0 Å². The quantitative estimate of drug-likeness (QED) is 0.596. The van der Waals surface area contributed by atoms with Crippen molar-refractivity contribution in [1.82, 2.24) is 0 Å². The fourth-order valence-corrected chi connectivity index (χ4v) is 4.87. The summed E-state index contributed by atoms with van der Waals surface area (Å²) in [6.07, 6.45) is 2.81. The van der Waals surface area contributed by atoms with Gasteiger partial charge >= 0.3 is 5.63 Å². The van der Waals surface area contributed by atoms with Gasteiger partial charge in [-0.3, -0.25) is 0 Å². The molecule has 0 bridgehead atoms. The average Bonchev–Trinajstić information content (AvgIpc) is 3.11. The van der Waals surface area contributed by atoms with Crippen LogP contribution < -0.4 is 15.3 Å². The molecule has 0 fully saturated rings. The van der Waals surface area contributed by atoms with Crippen molar-refractivity contribution in [2.75, 3.05) is 11.6 Å². The summed E-state index contributed by atoms with van der Waals surface area (Å²) in [7, 11) is 0. The summed E-state index contributed by atoms with van der Waals surface area (Å²) in [6.45, 7) is 7.58. The molecular formula is C23H23NO3. The molecule has 0 saturated carbocycles. The molecule has 1 aromatic heterocycles. The molecular weight excluding hydrogens is 338 g/mol. The van der Waals surface area contributed by atoms with Crippen LogP contribution in [0.1, 0.15) is 39.8 Å². The molecule has 4 nitrogen and oxygen atoms in total. The van der Waals surface area contributed by atoms with Crippen LogP contribution in [0.5, 0.6) is 5.75 Å². The van der Waals surface area contributed by atoms with E-state index in [1.54, 1.807) is 0 Å². The van der Waals surface area contributed by atoms with Crippen LogP contribution in [0.25, 0.3) is 11.0 Å². The van der Waals surface area contributed by atoms with Gasteiger partial charge in [-0.25, -0.2) is 4.79 Å². The van der Waals surface area contributed by atoms with E-state index in [0.29, 0.717) is 18.9 Å². The summed E-state index contributed by atoms with van der Waals surface area (Å²) in [4.78, 5) is 14.7. The molecule has 5 rings (SSSR count). The number of benzene rings is 2. The lowest BCUT2D eigenvalue weighted by atomic mass is 10.0. The van der Waals surface area contributed by atoms with Crippen molar-refractivity contribution >= 4 is 16.7 Å². The van der Waals surface area contributed by atoms with E-state index in [1.807, 2.05) is 6.07 Å². The molecule has 0 N–H and O–H groups in total.